The van der Waals surface area contributed by atoms with Crippen molar-refractivity contribution in [2.75, 3.05) is 19.4 Å². The maximum Gasteiger partial charge on any atom is 0.242 e. The minimum Gasteiger partial charge on any atom is -0.325 e. The van der Waals surface area contributed by atoms with Crippen molar-refractivity contribution in [3.63, 3.8) is 0 Å². The molecule has 0 saturated carbocycles. The smallest absolute Gasteiger partial charge is 0.242 e. The predicted octanol–water partition coefficient (Wildman–Crippen LogP) is 3.33. The molecule has 1 amide bonds. The van der Waals surface area contributed by atoms with Crippen LogP contribution in [0.3, 0.4) is 0 Å². The topological polar surface area (TPSA) is 66.5 Å². The third-order valence-corrected chi connectivity index (χ3v) is 6.36. The van der Waals surface area contributed by atoms with Gasteiger partial charge in [-0.3, -0.25) is 4.79 Å². The highest BCUT2D eigenvalue weighted by molar-refractivity contribution is 8.00. The van der Waals surface area contributed by atoms with Crippen molar-refractivity contribution >= 4 is 33.4 Å². The van der Waals surface area contributed by atoms with Gasteiger partial charge in [-0.25, -0.2) is 21.5 Å². The maximum atomic E-state index is 13.2. The van der Waals surface area contributed by atoms with Crippen molar-refractivity contribution in [1.29, 1.82) is 0 Å². The molecule has 1 N–H and O–H groups in total. The number of hydrogen-bond acceptors (Lipinski definition) is 4. The first-order valence-corrected chi connectivity index (χ1v) is 9.88. The van der Waals surface area contributed by atoms with Crippen LogP contribution in [0.15, 0.2) is 52.3 Å². The molecule has 0 saturated heterocycles. The Morgan fingerprint density at radius 2 is 1.81 bits per heavy atom. The number of nitrogens with zero attached hydrogens (tertiary/aromatic N) is 1. The lowest BCUT2D eigenvalue weighted by Crippen LogP contribution is -2.24. The van der Waals surface area contributed by atoms with E-state index in [2.05, 4.69) is 5.32 Å². The summed E-state index contributed by atoms with van der Waals surface area (Å²) in [6.45, 7) is 1.61. The zero-order valence-corrected chi connectivity index (χ0v) is 16.0. The molecule has 0 aliphatic carbocycles. The average molecular weight is 400 g/mol. The Bertz CT molecular complexity index is 918. The first-order valence-electron chi connectivity index (χ1n) is 7.56. The van der Waals surface area contributed by atoms with Gasteiger partial charge in [-0.15, -0.1) is 11.8 Å². The van der Waals surface area contributed by atoms with Crippen LogP contribution < -0.4 is 5.32 Å². The number of nitrogens with one attached hydrogen (secondary N) is 1. The van der Waals surface area contributed by atoms with Gasteiger partial charge in [0, 0.05) is 24.7 Å². The monoisotopic (exact) mass is 400 g/mol. The van der Waals surface area contributed by atoms with Crippen LogP contribution in [-0.4, -0.2) is 38.0 Å². The van der Waals surface area contributed by atoms with Crippen molar-refractivity contribution in [3.8, 4) is 0 Å². The van der Waals surface area contributed by atoms with Gasteiger partial charge in [0.1, 0.15) is 0 Å². The van der Waals surface area contributed by atoms with Crippen molar-refractivity contribution in [2.24, 2.45) is 0 Å². The molecule has 5 nitrogen and oxygen atoms in total. The Morgan fingerprint density at radius 1 is 1.12 bits per heavy atom. The zero-order valence-electron chi connectivity index (χ0n) is 14.4. The number of rotatable bonds is 6. The Labute approximate surface area is 155 Å². The van der Waals surface area contributed by atoms with Crippen molar-refractivity contribution in [2.45, 2.75) is 22.0 Å². The summed E-state index contributed by atoms with van der Waals surface area (Å²) in [7, 11) is -0.778. The molecule has 0 aromatic heterocycles. The van der Waals surface area contributed by atoms with Crippen LogP contribution in [0.5, 0.6) is 0 Å². The van der Waals surface area contributed by atoms with Crippen LogP contribution in [0.25, 0.3) is 0 Å². The summed E-state index contributed by atoms with van der Waals surface area (Å²) in [5.41, 5.74) is 0.329. The number of sulfonamides is 1. The van der Waals surface area contributed by atoms with E-state index < -0.39 is 26.9 Å². The molecule has 0 aliphatic heterocycles. The molecule has 2 aromatic rings. The number of halogens is 2. The number of carbonyl (C=O) groups is 1. The highest BCUT2D eigenvalue weighted by atomic mass is 32.2. The predicted molar refractivity (Wildman–Crippen MR) is 97.6 cm³/mol. The van der Waals surface area contributed by atoms with Crippen molar-refractivity contribution in [3.05, 3.63) is 54.1 Å². The Balaban J connectivity index is 2.10. The lowest BCUT2D eigenvalue weighted by molar-refractivity contribution is -0.115. The fourth-order valence-corrected chi connectivity index (χ4v) is 3.84. The number of thioether (sulfide) groups is 1. The summed E-state index contributed by atoms with van der Waals surface area (Å²) in [5.74, 6) is -2.33. The molecule has 9 heteroatoms. The Kier molecular flexibility index (Phi) is 6.38. The van der Waals surface area contributed by atoms with Gasteiger partial charge in [0.05, 0.1) is 10.1 Å². The van der Waals surface area contributed by atoms with Crippen molar-refractivity contribution in [1.82, 2.24) is 4.31 Å². The van der Waals surface area contributed by atoms with Crippen LogP contribution in [0, 0.1) is 11.6 Å². The van der Waals surface area contributed by atoms with Gasteiger partial charge in [-0.05, 0) is 43.3 Å². The molecule has 1 unspecified atom stereocenters. The summed E-state index contributed by atoms with van der Waals surface area (Å²) in [5, 5.41) is 2.03. The fourth-order valence-electron chi connectivity index (χ4n) is 2.00. The first kappa shape index (κ1) is 20.3. The van der Waals surface area contributed by atoms with E-state index in [0.717, 1.165) is 28.2 Å². The summed E-state index contributed by atoms with van der Waals surface area (Å²) >= 11 is 1.06. The van der Waals surface area contributed by atoms with Gasteiger partial charge in [-0.1, -0.05) is 6.07 Å². The number of benzene rings is 2. The molecule has 0 aliphatic rings. The van der Waals surface area contributed by atoms with Crippen LogP contribution in [-0.2, 0) is 14.8 Å². The van der Waals surface area contributed by atoms with E-state index in [1.807, 2.05) is 0 Å². The second-order valence-electron chi connectivity index (χ2n) is 5.64. The van der Waals surface area contributed by atoms with Crippen LogP contribution in [0.2, 0.25) is 0 Å². The zero-order chi connectivity index (χ0) is 19.5. The number of amides is 1. The lowest BCUT2D eigenvalue weighted by Gasteiger charge is -2.14. The molecule has 2 rings (SSSR count). The molecule has 140 valence electrons. The van der Waals surface area contributed by atoms with Gasteiger partial charge in [-0.2, -0.15) is 0 Å². The third kappa shape index (κ3) is 4.80. The number of anilines is 1. The van der Waals surface area contributed by atoms with Crippen LogP contribution in [0.4, 0.5) is 14.5 Å². The molecule has 0 heterocycles. The third-order valence-electron chi connectivity index (χ3n) is 3.45. The van der Waals surface area contributed by atoms with Gasteiger partial charge >= 0.3 is 0 Å². The van der Waals surface area contributed by atoms with E-state index in [1.165, 1.54) is 38.4 Å². The summed E-state index contributed by atoms with van der Waals surface area (Å²) < 4.78 is 51.6. The molecule has 0 bridgehead atoms. The summed E-state index contributed by atoms with van der Waals surface area (Å²) in [6.07, 6.45) is 0. The minimum absolute atomic E-state index is 0.0567. The quantitative estimate of drug-likeness (QED) is 0.756. The number of hydrogen-bond donors (Lipinski definition) is 1. The molecule has 2 aromatic carbocycles. The van der Waals surface area contributed by atoms with Crippen LogP contribution >= 0.6 is 11.8 Å². The Hall–Kier alpha value is -1.97. The van der Waals surface area contributed by atoms with Crippen molar-refractivity contribution < 1.29 is 22.0 Å². The molecule has 0 spiro atoms. The van der Waals surface area contributed by atoms with E-state index in [9.17, 15) is 22.0 Å². The minimum atomic E-state index is -3.61. The van der Waals surface area contributed by atoms with E-state index in [4.69, 9.17) is 0 Å². The van der Waals surface area contributed by atoms with Gasteiger partial charge in [0.25, 0.3) is 0 Å². The molecule has 0 radical (unpaired) electrons. The van der Waals surface area contributed by atoms with E-state index in [1.54, 1.807) is 13.0 Å². The second-order valence-corrected chi connectivity index (χ2v) is 9.21. The highest BCUT2D eigenvalue weighted by Gasteiger charge is 2.19. The maximum absolute atomic E-state index is 13.2. The Morgan fingerprint density at radius 3 is 2.42 bits per heavy atom. The average Bonchev–Trinajstić information content (AvgIpc) is 2.58. The van der Waals surface area contributed by atoms with E-state index >= 15 is 0 Å². The number of carbonyl (C=O) groups excluding carboxylic acids is 1. The molecular weight excluding hydrogens is 382 g/mol. The first-order chi connectivity index (χ1) is 12.1. The standard InChI is InChI=1S/C17H18F2N2O3S2/c1-11(25-13-7-8-15(18)16(19)10-13)17(22)20-12-5-4-6-14(9-12)26(23,24)21(2)3/h4-11H,1-3H3,(H,20,22). The largest absolute Gasteiger partial charge is 0.325 e. The molecular formula is C17H18F2N2O3S2. The van der Waals surface area contributed by atoms with E-state index in [-0.39, 0.29) is 10.8 Å². The summed E-state index contributed by atoms with van der Waals surface area (Å²) in [4.78, 5) is 12.8. The highest BCUT2D eigenvalue weighted by Crippen LogP contribution is 2.26. The van der Waals surface area contributed by atoms with Gasteiger partial charge < -0.3 is 5.32 Å². The van der Waals surface area contributed by atoms with Gasteiger partial charge in [0.15, 0.2) is 11.6 Å². The van der Waals surface area contributed by atoms with E-state index in [0.29, 0.717) is 10.6 Å². The second kappa shape index (κ2) is 8.15. The SMILES string of the molecule is CC(Sc1ccc(F)c(F)c1)C(=O)Nc1cccc(S(=O)(=O)N(C)C)c1. The summed E-state index contributed by atoms with van der Waals surface area (Å²) in [6, 6.07) is 9.30. The molecule has 26 heavy (non-hydrogen) atoms. The molecule has 1 atom stereocenters. The fraction of sp³-hybridized carbons (Fsp3) is 0.235. The van der Waals surface area contributed by atoms with Crippen LogP contribution in [0.1, 0.15) is 6.92 Å². The lowest BCUT2D eigenvalue weighted by atomic mass is 10.3. The normalized spacial score (nSPS) is 12.8. The van der Waals surface area contributed by atoms with Gasteiger partial charge in [0.2, 0.25) is 15.9 Å². The molecule has 0 fully saturated rings.